The van der Waals surface area contributed by atoms with Gasteiger partial charge in [-0.05, 0) is 24.5 Å². The maximum atomic E-state index is 6.06. The van der Waals surface area contributed by atoms with Crippen LogP contribution in [0.2, 0.25) is 0 Å². The van der Waals surface area contributed by atoms with Crippen LogP contribution >= 0.6 is 0 Å². The van der Waals surface area contributed by atoms with Gasteiger partial charge < -0.3 is 10.6 Å². The smallest absolute Gasteiger partial charge is 0.180 e. The monoisotopic (exact) mass is 259 g/mol. The summed E-state index contributed by atoms with van der Waals surface area (Å²) >= 11 is 0. The molecule has 19 heavy (non-hydrogen) atoms. The molecule has 0 saturated heterocycles. The van der Waals surface area contributed by atoms with Gasteiger partial charge >= 0.3 is 0 Å². The fraction of sp³-hybridized carbons (Fsp3) is 0.500. The van der Waals surface area contributed by atoms with Crippen molar-refractivity contribution < 1.29 is 0 Å². The molecular formula is C14H21N5. The first-order chi connectivity index (χ1) is 9.08. The van der Waals surface area contributed by atoms with E-state index in [2.05, 4.69) is 33.7 Å². The van der Waals surface area contributed by atoms with Crippen LogP contribution in [0.3, 0.4) is 0 Å². The van der Waals surface area contributed by atoms with Crippen molar-refractivity contribution in [1.82, 2.24) is 15.0 Å². The molecule has 0 aliphatic heterocycles. The molecule has 0 saturated carbocycles. The van der Waals surface area contributed by atoms with Gasteiger partial charge in [0.15, 0.2) is 5.65 Å². The van der Waals surface area contributed by atoms with Crippen LogP contribution in [0.15, 0.2) is 24.5 Å². The first-order valence-corrected chi connectivity index (χ1v) is 6.62. The van der Waals surface area contributed by atoms with Gasteiger partial charge in [-0.3, -0.25) is 4.98 Å². The number of anilines is 1. The summed E-state index contributed by atoms with van der Waals surface area (Å²) in [4.78, 5) is 15.1. The summed E-state index contributed by atoms with van der Waals surface area (Å²) in [5, 5.41) is 0. The second kappa shape index (κ2) is 5.93. The number of hydrogen-bond donors (Lipinski definition) is 1. The molecule has 2 heterocycles. The molecule has 2 N–H and O–H groups in total. The van der Waals surface area contributed by atoms with Crippen LogP contribution in [0, 0.1) is 5.92 Å². The summed E-state index contributed by atoms with van der Waals surface area (Å²) in [5.74, 6) is 1.41. The van der Waals surface area contributed by atoms with E-state index in [9.17, 15) is 0 Å². The minimum Gasteiger partial charge on any atom is -0.360 e. The minimum atomic E-state index is 0.225. The Kier molecular flexibility index (Phi) is 4.27. The number of fused-ring (bicyclic) bond motifs is 1. The molecule has 5 nitrogen and oxygen atoms in total. The number of hydrogen-bond acceptors (Lipinski definition) is 5. The summed E-state index contributed by atoms with van der Waals surface area (Å²) in [5.41, 5.74) is 7.56. The van der Waals surface area contributed by atoms with Gasteiger partial charge in [-0.1, -0.05) is 13.8 Å². The van der Waals surface area contributed by atoms with E-state index in [-0.39, 0.29) is 6.04 Å². The topological polar surface area (TPSA) is 67.9 Å². The van der Waals surface area contributed by atoms with Crippen LogP contribution in [0.1, 0.15) is 20.3 Å². The van der Waals surface area contributed by atoms with Crippen LogP contribution < -0.4 is 10.6 Å². The van der Waals surface area contributed by atoms with Gasteiger partial charge in [0.2, 0.25) is 0 Å². The Morgan fingerprint density at radius 2 is 1.95 bits per heavy atom. The molecule has 2 rings (SSSR count). The fourth-order valence-electron chi connectivity index (χ4n) is 1.85. The number of nitrogens with two attached hydrogens (primary N) is 1. The Labute approximate surface area is 113 Å². The normalized spacial score (nSPS) is 12.9. The SMILES string of the molecule is CC(C)C(N)CCN(C)c1ccc2nccnc2n1. The summed E-state index contributed by atoms with van der Waals surface area (Å²) in [7, 11) is 2.03. The summed E-state index contributed by atoms with van der Waals surface area (Å²) in [6.07, 6.45) is 4.29. The highest BCUT2D eigenvalue weighted by atomic mass is 15.2. The lowest BCUT2D eigenvalue weighted by Gasteiger charge is -2.22. The Morgan fingerprint density at radius 1 is 1.21 bits per heavy atom. The van der Waals surface area contributed by atoms with Gasteiger partial charge in [0.1, 0.15) is 11.3 Å². The van der Waals surface area contributed by atoms with Crippen LogP contribution in [0.5, 0.6) is 0 Å². The van der Waals surface area contributed by atoms with Gasteiger partial charge in [-0.15, -0.1) is 0 Å². The third kappa shape index (κ3) is 3.38. The number of pyridine rings is 1. The van der Waals surface area contributed by atoms with Crippen molar-refractivity contribution in [3.8, 4) is 0 Å². The van der Waals surface area contributed by atoms with Crippen molar-refractivity contribution in [3.63, 3.8) is 0 Å². The maximum Gasteiger partial charge on any atom is 0.180 e. The predicted molar refractivity (Wildman–Crippen MR) is 78.0 cm³/mol. The molecular weight excluding hydrogens is 238 g/mol. The lowest BCUT2D eigenvalue weighted by atomic mass is 10.0. The van der Waals surface area contributed by atoms with E-state index in [0.717, 1.165) is 24.3 Å². The maximum absolute atomic E-state index is 6.06. The highest BCUT2D eigenvalue weighted by molar-refractivity contribution is 5.71. The molecule has 0 aliphatic rings. The molecule has 0 spiro atoms. The van der Waals surface area contributed by atoms with E-state index in [1.165, 1.54) is 0 Å². The third-order valence-electron chi connectivity index (χ3n) is 3.36. The first kappa shape index (κ1) is 13.7. The van der Waals surface area contributed by atoms with E-state index < -0.39 is 0 Å². The highest BCUT2D eigenvalue weighted by Crippen LogP contribution is 2.14. The van der Waals surface area contributed by atoms with E-state index in [1.54, 1.807) is 12.4 Å². The van der Waals surface area contributed by atoms with Gasteiger partial charge in [0, 0.05) is 32.0 Å². The van der Waals surface area contributed by atoms with E-state index in [1.807, 2.05) is 19.2 Å². The van der Waals surface area contributed by atoms with Crippen molar-refractivity contribution in [2.75, 3.05) is 18.5 Å². The van der Waals surface area contributed by atoms with Crippen molar-refractivity contribution in [1.29, 1.82) is 0 Å². The standard InChI is InChI=1S/C14H21N5/c1-10(2)11(15)6-9-19(3)13-5-4-12-14(18-13)17-8-7-16-12/h4-5,7-8,10-11H,6,9,15H2,1-3H3. The second-order valence-electron chi connectivity index (χ2n) is 5.19. The van der Waals surface area contributed by atoms with Crippen LogP contribution in [-0.2, 0) is 0 Å². The lowest BCUT2D eigenvalue weighted by Crippen LogP contribution is -2.32. The zero-order valence-electron chi connectivity index (χ0n) is 11.7. The Bertz CT molecular complexity index is 540. The summed E-state index contributed by atoms with van der Waals surface area (Å²) in [6, 6.07) is 4.14. The highest BCUT2D eigenvalue weighted by Gasteiger charge is 2.10. The first-order valence-electron chi connectivity index (χ1n) is 6.62. The van der Waals surface area contributed by atoms with E-state index in [0.29, 0.717) is 11.6 Å². The molecule has 2 aromatic rings. The Balaban J connectivity index is 2.06. The average molecular weight is 259 g/mol. The molecule has 5 heteroatoms. The summed E-state index contributed by atoms with van der Waals surface area (Å²) < 4.78 is 0. The number of rotatable bonds is 5. The zero-order valence-corrected chi connectivity index (χ0v) is 11.7. The summed E-state index contributed by atoms with van der Waals surface area (Å²) in [6.45, 7) is 5.18. The zero-order chi connectivity index (χ0) is 13.8. The molecule has 0 aliphatic carbocycles. The van der Waals surface area contributed by atoms with Crippen molar-refractivity contribution in [2.24, 2.45) is 11.7 Å². The Hall–Kier alpha value is -1.75. The lowest BCUT2D eigenvalue weighted by molar-refractivity contribution is 0.466. The van der Waals surface area contributed by atoms with Gasteiger partial charge in [-0.25, -0.2) is 9.97 Å². The third-order valence-corrected chi connectivity index (χ3v) is 3.36. The van der Waals surface area contributed by atoms with Gasteiger partial charge in [0.25, 0.3) is 0 Å². The van der Waals surface area contributed by atoms with Crippen LogP contribution in [0.25, 0.3) is 11.2 Å². The molecule has 0 radical (unpaired) electrons. The van der Waals surface area contributed by atoms with Gasteiger partial charge in [-0.2, -0.15) is 0 Å². The molecule has 1 atom stereocenters. The molecule has 102 valence electrons. The molecule has 0 aromatic carbocycles. The molecule has 0 bridgehead atoms. The van der Waals surface area contributed by atoms with E-state index >= 15 is 0 Å². The molecule has 0 amide bonds. The number of nitrogens with zero attached hydrogens (tertiary/aromatic N) is 4. The Morgan fingerprint density at radius 3 is 2.68 bits per heavy atom. The average Bonchev–Trinajstić information content (AvgIpc) is 2.43. The van der Waals surface area contributed by atoms with Gasteiger partial charge in [0.05, 0.1) is 0 Å². The van der Waals surface area contributed by atoms with Crippen LogP contribution in [0.4, 0.5) is 5.82 Å². The number of aromatic nitrogens is 3. The van der Waals surface area contributed by atoms with Crippen molar-refractivity contribution in [2.45, 2.75) is 26.3 Å². The molecule has 1 unspecified atom stereocenters. The predicted octanol–water partition coefficient (Wildman–Crippen LogP) is 1.83. The molecule has 0 fully saturated rings. The van der Waals surface area contributed by atoms with Crippen molar-refractivity contribution >= 4 is 17.0 Å². The fourth-order valence-corrected chi connectivity index (χ4v) is 1.85. The second-order valence-corrected chi connectivity index (χ2v) is 5.19. The van der Waals surface area contributed by atoms with E-state index in [4.69, 9.17) is 5.73 Å². The minimum absolute atomic E-state index is 0.225. The quantitative estimate of drug-likeness (QED) is 0.887. The van der Waals surface area contributed by atoms with Crippen molar-refractivity contribution in [3.05, 3.63) is 24.5 Å². The van der Waals surface area contributed by atoms with Crippen LogP contribution in [-0.4, -0.2) is 34.6 Å². The largest absolute Gasteiger partial charge is 0.360 e. The molecule has 2 aromatic heterocycles.